The zero-order chi connectivity index (χ0) is 25.9. The lowest BCUT2D eigenvalue weighted by Crippen LogP contribution is -2.51. The molecule has 0 unspecified atom stereocenters. The molecule has 1 fully saturated rings. The Bertz CT molecular complexity index is 1290. The second kappa shape index (κ2) is 10.9. The molecule has 8 nitrogen and oxygen atoms in total. The first-order valence-electron chi connectivity index (χ1n) is 12.2. The number of sulfonamides is 1. The third-order valence-electron chi connectivity index (χ3n) is 6.47. The number of hydrogen-bond acceptors (Lipinski definition) is 6. The van der Waals surface area contributed by atoms with Gasteiger partial charge in [0.25, 0.3) is 0 Å². The van der Waals surface area contributed by atoms with Gasteiger partial charge < -0.3 is 15.7 Å². The van der Waals surface area contributed by atoms with E-state index in [-0.39, 0.29) is 29.7 Å². The fourth-order valence-electron chi connectivity index (χ4n) is 4.51. The van der Waals surface area contributed by atoms with Gasteiger partial charge in [0.2, 0.25) is 15.9 Å². The maximum absolute atomic E-state index is 13.2. The number of nitrogens with zero attached hydrogens (tertiary/aromatic N) is 3. The van der Waals surface area contributed by atoms with Crippen LogP contribution in [0.5, 0.6) is 0 Å². The summed E-state index contributed by atoms with van der Waals surface area (Å²) >= 11 is 0. The lowest BCUT2D eigenvalue weighted by atomic mass is 10.0. The van der Waals surface area contributed by atoms with Crippen molar-refractivity contribution in [3.8, 4) is 11.1 Å². The van der Waals surface area contributed by atoms with E-state index in [2.05, 4.69) is 11.9 Å². The van der Waals surface area contributed by atoms with E-state index in [1.165, 1.54) is 4.31 Å². The summed E-state index contributed by atoms with van der Waals surface area (Å²) in [6, 6.07) is 12.4. The molecule has 0 atom stereocenters. The molecule has 4 rings (SSSR count). The molecule has 1 radical (unpaired) electrons. The summed E-state index contributed by atoms with van der Waals surface area (Å²) in [6.45, 7) is 7.80. The van der Waals surface area contributed by atoms with Crippen LogP contribution in [-0.4, -0.2) is 67.3 Å². The molecule has 9 heteroatoms. The van der Waals surface area contributed by atoms with E-state index in [1.807, 2.05) is 37.3 Å². The van der Waals surface area contributed by atoms with Crippen LogP contribution in [0, 0.1) is 12.8 Å². The second-order valence-electron chi connectivity index (χ2n) is 9.27. The Morgan fingerprint density at radius 3 is 2.64 bits per heavy atom. The van der Waals surface area contributed by atoms with Crippen LogP contribution in [0.15, 0.2) is 57.9 Å². The highest BCUT2D eigenvalue weighted by Crippen LogP contribution is 2.34. The monoisotopic (exact) mass is 509 g/mol. The van der Waals surface area contributed by atoms with Gasteiger partial charge >= 0.3 is 0 Å². The highest BCUT2D eigenvalue weighted by molar-refractivity contribution is 7.89. The zero-order valence-corrected chi connectivity index (χ0v) is 21.4. The number of fused-ring (bicyclic) bond motifs is 1. The lowest BCUT2D eigenvalue weighted by Gasteiger charge is -2.36. The van der Waals surface area contributed by atoms with E-state index < -0.39 is 10.0 Å². The van der Waals surface area contributed by atoms with Crippen LogP contribution >= 0.6 is 0 Å². The van der Waals surface area contributed by atoms with Crippen molar-refractivity contribution in [1.82, 2.24) is 9.21 Å². The van der Waals surface area contributed by atoms with Crippen LogP contribution in [0.2, 0.25) is 0 Å². The number of aliphatic hydroxyl groups excluding tert-OH is 1. The molecule has 0 aliphatic carbocycles. The van der Waals surface area contributed by atoms with Gasteiger partial charge in [0.05, 0.1) is 10.6 Å². The molecule has 191 valence electrons. The summed E-state index contributed by atoms with van der Waals surface area (Å²) in [5, 5.41) is 9.22. The number of hydrogen-bond donors (Lipinski definition) is 2. The van der Waals surface area contributed by atoms with Crippen LogP contribution in [-0.2, 0) is 14.8 Å². The number of amides is 1. The van der Waals surface area contributed by atoms with Gasteiger partial charge in [-0.3, -0.25) is 4.79 Å². The molecular weight excluding hydrogens is 476 g/mol. The van der Waals surface area contributed by atoms with Crippen LogP contribution in [0.25, 0.3) is 17.2 Å². The van der Waals surface area contributed by atoms with Gasteiger partial charge in [-0.15, -0.1) is 0 Å². The maximum atomic E-state index is 13.2. The average molecular weight is 510 g/mol. The van der Waals surface area contributed by atoms with Crippen LogP contribution < -0.4 is 5.73 Å². The smallest absolute Gasteiger partial charge is 0.250 e. The summed E-state index contributed by atoms with van der Waals surface area (Å²) in [6.07, 6.45) is 3.60. The molecule has 1 amide bonds. The Morgan fingerprint density at radius 1 is 1.19 bits per heavy atom. The van der Waals surface area contributed by atoms with Gasteiger partial charge in [0.15, 0.2) is 0 Å². The Hall–Kier alpha value is -3.01. The van der Waals surface area contributed by atoms with Crippen LogP contribution in [0.4, 0.5) is 5.69 Å². The van der Waals surface area contributed by atoms with Crippen molar-refractivity contribution in [1.29, 1.82) is 0 Å². The van der Waals surface area contributed by atoms with E-state index in [9.17, 15) is 18.3 Å². The Morgan fingerprint density at radius 2 is 1.94 bits per heavy atom. The van der Waals surface area contributed by atoms with Gasteiger partial charge in [-0.2, -0.15) is 4.31 Å². The Kier molecular flexibility index (Phi) is 7.92. The van der Waals surface area contributed by atoms with Crippen molar-refractivity contribution in [2.24, 2.45) is 16.6 Å². The minimum Gasteiger partial charge on any atom is -0.396 e. The number of carbonyl (C=O) groups excluding carboxylic acids is 1. The van der Waals surface area contributed by atoms with Crippen LogP contribution in [0.1, 0.15) is 31.7 Å². The van der Waals surface area contributed by atoms with Crippen LogP contribution in [0.3, 0.4) is 0 Å². The van der Waals surface area contributed by atoms with Crippen molar-refractivity contribution in [3.05, 3.63) is 60.5 Å². The first-order valence-corrected chi connectivity index (χ1v) is 13.7. The molecule has 2 heterocycles. The van der Waals surface area contributed by atoms with Gasteiger partial charge in [-0.25, -0.2) is 13.4 Å². The maximum Gasteiger partial charge on any atom is 0.250 e. The molecule has 0 saturated carbocycles. The fourth-order valence-corrected chi connectivity index (χ4v) is 6.14. The number of aliphatic imine (C=N–C) groups is 1. The molecule has 2 aliphatic rings. The number of nitrogens with two attached hydrogens (primary N) is 1. The highest BCUT2D eigenvalue weighted by atomic mass is 32.2. The summed E-state index contributed by atoms with van der Waals surface area (Å²) in [5.41, 5.74) is 9.74. The SMILES string of the molecule is [CH2]CCN(CCC)C(=O)C1=Cc2ccc(-c3cccc(S(=O)(=O)N4CC(CO)C4)c3)cc2N=C(N)C1. The highest BCUT2D eigenvalue weighted by Gasteiger charge is 2.36. The summed E-state index contributed by atoms with van der Waals surface area (Å²) in [5.74, 6) is 0.292. The van der Waals surface area contributed by atoms with Gasteiger partial charge in [-0.05, 0) is 48.2 Å². The third kappa shape index (κ3) is 5.38. The molecule has 3 N–H and O–H groups in total. The van der Waals surface area contributed by atoms with Gasteiger partial charge in [-0.1, -0.05) is 38.1 Å². The third-order valence-corrected chi connectivity index (χ3v) is 8.29. The quantitative estimate of drug-likeness (QED) is 0.539. The molecule has 36 heavy (non-hydrogen) atoms. The molecule has 0 spiro atoms. The average Bonchev–Trinajstić information content (AvgIpc) is 3.00. The van der Waals surface area contributed by atoms with Gasteiger partial charge in [0, 0.05) is 56.3 Å². The molecule has 1 saturated heterocycles. The predicted octanol–water partition coefficient (Wildman–Crippen LogP) is 3.20. The minimum absolute atomic E-state index is 0.00613. The van der Waals surface area contributed by atoms with Crippen molar-refractivity contribution in [2.45, 2.75) is 31.1 Å². The second-order valence-corrected chi connectivity index (χ2v) is 11.2. The van der Waals surface area contributed by atoms with E-state index in [1.54, 1.807) is 23.1 Å². The standard InChI is InChI=1S/C27H33N4O4S/c1-3-10-30(11-4-2)27(33)23-12-22-9-8-21(14-25(22)29-26(28)15-23)20-6-5-7-24(13-20)36(34,35)31-16-19(17-31)18-32/h5-9,12-14,19,32H,1,3-4,10-11,15-18H2,2H3,(H2,28,29). The molecule has 0 aromatic heterocycles. The van der Waals surface area contributed by atoms with Crippen molar-refractivity contribution >= 4 is 33.5 Å². The summed E-state index contributed by atoms with van der Waals surface area (Å²) in [7, 11) is -3.62. The molecule has 2 aromatic rings. The van der Waals surface area contributed by atoms with E-state index >= 15 is 0 Å². The Balaban J connectivity index is 1.64. The molecule has 2 aliphatic heterocycles. The van der Waals surface area contributed by atoms with Crippen molar-refractivity contribution in [2.75, 3.05) is 32.8 Å². The molecule has 0 bridgehead atoms. The number of carbonyl (C=O) groups is 1. The number of aliphatic hydroxyl groups is 1. The number of rotatable bonds is 9. The predicted molar refractivity (Wildman–Crippen MR) is 142 cm³/mol. The normalized spacial score (nSPS) is 16.4. The first kappa shape index (κ1) is 26.1. The van der Waals surface area contributed by atoms with E-state index in [0.29, 0.717) is 49.7 Å². The fraction of sp³-hybridized carbons (Fsp3) is 0.370. The van der Waals surface area contributed by atoms with Gasteiger partial charge in [0.1, 0.15) is 5.84 Å². The first-order chi connectivity index (χ1) is 17.3. The number of benzene rings is 2. The molecule has 2 aromatic carbocycles. The van der Waals surface area contributed by atoms with Crippen molar-refractivity contribution < 1.29 is 18.3 Å². The van der Waals surface area contributed by atoms with E-state index in [4.69, 9.17) is 5.73 Å². The van der Waals surface area contributed by atoms with Crippen molar-refractivity contribution in [3.63, 3.8) is 0 Å². The van der Waals surface area contributed by atoms with E-state index in [0.717, 1.165) is 23.1 Å². The largest absolute Gasteiger partial charge is 0.396 e. The number of amidine groups is 1. The topological polar surface area (TPSA) is 116 Å². The summed E-state index contributed by atoms with van der Waals surface area (Å²) < 4.78 is 27.4. The lowest BCUT2D eigenvalue weighted by molar-refractivity contribution is -0.127. The molecular formula is C27H33N4O4S. The minimum atomic E-state index is -3.62. The Labute approximate surface area is 213 Å². The summed E-state index contributed by atoms with van der Waals surface area (Å²) in [4.78, 5) is 19.7. The zero-order valence-electron chi connectivity index (χ0n) is 20.6.